The molecule has 1 N–H and O–H groups in total. The lowest BCUT2D eigenvalue weighted by Gasteiger charge is -2.31. The molecule has 0 aliphatic heterocycles. The van der Waals surface area contributed by atoms with Gasteiger partial charge in [-0.05, 0) is 49.1 Å². The Bertz CT molecular complexity index is 951. The summed E-state index contributed by atoms with van der Waals surface area (Å²) in [6.45, 7) is 1.88. The molecule has 0 saturated heterocycles. The van der Waals surface area contributed by atoms with E-state index in [1.807, 2.05) is 25.1 Å². The number of amides is 2. The van der Waals surface area contributed by atoms with Crippen LogP contribution in [0.5, 0.6) is 5.75 Å². The van der Waals surface area contributed by atoms with Gasteiger partial charge >= 0.3 is 0 Å². The summed E-state index contributed by atoms with van der Waals surface area (Å²) in [5, 5.41) is 4.07. The average molecular weight is 542 g/mol. The highest BCUT2D eigenvalue weighted by atomic mass is 79.9. The SMILES string of the molecule is CCC(C(=O)NC1CCCC1)N(Cc1ccccc1Cl)C(=O)COc1ccc(Br)cc1Cl. The number of rotatable bonds is 9. The van der Waals surface area contributed by atoms with Crippen LogP contribution in [0.2, 0.25) is 10.0 Å². The molecule has 0 bridgehead atoms. The van der Waals surface area contributed by atoms with Crippen LogP contribution in [-0.4, -0.2) is 35.4 Å². The summed E-state index contributed by atoms with van der Waals surface area (Å²) in [7, 11) is 0. The van der Waals surface area contributed by atoms with E-state index in [9.17, 15) is 9.59 Å². The molecule has 0 spiro atoms. The van der Waals surface area contributed by atoms with E-state index in [1.54, 1.807) is 29.2 Å². The second-order valence-corrected chi connectivity index (χ2v) is 9.62. The quantitative estimate of drug-likeness (QED) is 0.423. The molecule has 0 radical (unpaired) electrons. The van der Waals surface area contributed by atoms with Crippen LogP contribution in [0.4, 0.5) is 0 Å². The van der Waals surface area contributed by atoms with Crippen molar-refractivity contribution < 1.29 is 14.3 Å². The fourth-order valence-electron chi connectivity index (χ4n) is 3.91. The zero-order valence-corrected chi connectivity index (χ0v) is 21.0. The van der Waals surface area contributed by atoms with Crippen LogP contribution in [0.25, 0.3) is 0 Å². The first-order valence-corrected chi connectivity index (χ1v) is 12.3. The van der Waals surface area contributed by atoms with Gasteiger partial charge in [0.2, 0.25) is 5.91 Å². The molecular weight excluding hydrogens is 515 g/mol. The standard InChI is InChI=1S/C24H27BrCl2N2O3/c1-2-21(24(31)28-18-8-4-5-9-18)29(14-16-7-3-6-10-19(16)26)23(30)15-32-22-12-11-17(25)13-20(22)27/h3,6-7,10-13,18,21H,2,4-5,8-9,14-15H2,1H3,(H,28,31). The maximum Gasteiger partial charge on any atom is 0.261 e. The van der Waals surface area contributed by atoms with Gasteiger partial charge in [0.15, 0.2) is 6.61 Å². The highest BCUT2D eigenvalue weighted by Crippen LogP contribution is 2.28. The van der Waals surface area contributed by atoms with E-state index >= 15 is 0 Å². The summed E-state index contributed by atoms with van der Waals surface area (Å²) in [5.41, 5.74) is 0.774. The van der Waals surface area contributed by atoms with E-state index in [-0.39, 0.29) is 31.0 Å². The molecule has 1 fully saturated rings. The molecular formula is C24H27BrCl2N2O3. The lowest BCUT2D eigenvalue weighted by molar-refractivity contribution is -0.143. The van der Waals surface area contributed by atoms with Gasteiger partial charge < -0.3 is 15.0 Å². The predicted molar refractivity (Wildman–Crippen MR) is 131 cm³/mol. The number of nitrogens with one attached hydrogen (secondary N) is 1. The summed E-state index contributed by atoms with van der Waals surface area (Å²) in [5.74, 6) is -0.0387. The van der Waals surface area contributed by atoms with Crippen molar-refractivity contribution in [2.24, 2.45) is 0 Å². The average Bonchev–Trinajstić information content (AvgIpc) is 3.27. The Kier molecular flexibility index (Phi) is 9.26. The molecule has 1 aliphatic carbocycles. The summed E-state index contributed by atoms with van der Waals surface area (Å²) < 4.78 is 6.52. The van der Waals surface area contributed by atoms with Crippen molar-refractivity contribution in [3.05, 3.63) is 62.5 Å². The van der Waals surface area contributed by atoms with Gasteiger partial charge in [-0.25, -0.2) is 0 Å². The number of carbonyl (C=O) groups is 2. The second-order valence-electron chi connectivity index (χ2n) is 7.89. The van der Waals surface area contributed by atoms with E-state index in [1.165, 1.54) is 0 Å². The third-order valence-electron chi connectivity index (χ3n) is 5.63. The molecule has 2 aromatic carbocycles. The van der Waals surface area contributed by atoms with Crippen LogP contribution in [0.15, 0.2) is 46.9 Å². The van der Waals surface area contributed by atoms with Crippen molar-refractivity contribution in [1.82, 2.24) is 10.2 Å². The Morgan fingerprint density at radius 2 is 1.88 bits per heavy atom. The van der Waals surface area contributed by atoms with Crippen LogP contribution in [-0.2, 0) is 16.1 Å². The number of benzene rings is 2. The Morgan fingerprint density at radius 3 is 2.53 bits per heavy atom. The van der Waals surface area contributed by atoms with E-state index < -0.39 is 6.04 Å². The van der Waals surface area contributed by atoms with Crippen molar-refractivity contribution in [3.8, 4) is 5.75 Å². The van der Waals surface area contributed by atoms with Crippen molar-refractivity contribution in [2.75, 3.05) is 6.61 Å². The van der Waals surface area contributed by atoms with Crippen molar-refractivity contribution in [1.29, 1.82) is 0 Å². The predicted octanol–water partition coefficient (Wildman–Crippen LogP) is 6.00. The Morgan fingerprint density at radius 1 is 1.16 bits per heavy atom. The minimum atomic E-state index is -0.622. The minimum absolute atomic E-state index is 0.138. The molecule has 0 heterocycles. The number of halogens is 3. The molecule has 1 saturated carbocycles. The van der Waals surface area contributed by atoms with Gasteiger partial charge in [-0.2, -0.15) is 0 Å². The van der Waals surface area contributed by atoms with Crippen LogP contribution in [0.1, 0.15) is 44.6 Å². The molecule has 1 aliphatic rings. The summed E-state index contributed by atoms with van der Waals surface area (Å²) >= 11 is 15.9. The number of ether oxygens (including phenoxy) is 1. The minimum Gasteiger partial charge on any atom is -0.482 e. The first kappa shape index (κ1) is 24.9. The van der Waals surface area contributed by atoms with Crippen LogP contribution in [0, 0.1) is 0 Å². The molecule has 2 amide bonds. The molecule has 0 aromatic heterocycles. The summed E-state index contributed by atoms with van der Waals surface area (Å²) in [6.07, 6.45) is 4.67. The van der Waals surface area contributed by atoms with E-state index in [4.69, 9.17) is 27.9 Å². The molecule has 8 heteroatoms. The number of carbonyl (C=O) groups excluding carboxylic acids is 2. The first-order chi connectivity index (χ1) is 15.4. The molecule has 32 heavy (non-hydrogen) atoms. The van der Waals surface area contributed by atoms with Crippen LogP contribution in [0.3, 0.4) is 0 Å². The molecule has 1 unspecified atom stereocenters. The van der Waals surface area contributed by atoms with Crippen LogP contribution < -0.4 is 10.1 Å². The Labute approximate surface area is 207 Å². The smallest absolute Gasteiger partial charge is 0.261 e. The van der Waals surface area contributed by atoms with Gasteiger partial charge in [0.1, 0.15) is 11.8 Å². The van der Waals surface area contributed by atoms with Crippen molar-refractivity contribution >= 4 is 50.9 Å². The second kappa shape index (κ2) is 11.9. The van der Waals surface area contributed by atoms with Gasteiger partial charge in [0.25, 0.3) is 5.91 Å². The van der Waals surface area contributed by atoms with Gasteiger partial charge in [0.05, 0.1) is 5.02 Å². The topological polar surface area (TPSA) is 58.6 Å². The molecule has 5 nitrogen and oxygen atoms in total. The normalized spacial score (nSPS) is 14.8. The lowest BCUT2D eigenvalue weighted by atomic mass is 10.1. The number of hydrogen-bond donors (Lipinski definition) is 1. The van der Waals surface area contributed by atoms with E-state index in [0.717, 1.165) is 35.7 Å². The van der Waals surface area contributed by atoms with E-state index in [0.29, 0.717) is 22.2 Å². The molecule has 172 valence electrons. The largest absolute Gasteiger partial charge is 0.482 e. The number of hydrogen-bond acceptors (Lipinski definition) is 3. The fourth-order valence-corrected chi connectivity index (χ4v) is 4.84. The third kappa shape index (κ3) is 6.63. The third-order valence-corrected chi connectivity index (χ3v) is 6.79. The maximum absolute atomic E-state index is 13.3. The molecule has 1 atom stereocenters. The first-order valence-electron chi connectivity index (χ1n) is 10.8. The van der Waals surface area contributed by atoms with Crippen molar-refractivity contribution in [3.63, 3.8) is 0 Å². The van der Waals surface area contributed by atoms with Crippen LogP contribution >= 0.6 is 39.1 Å². The van der Waals surface area contributed by atoms with Gasteiger partial charge in [-0.3, -0.25) is 9.59 Å². The molecule has 2 aromatic rings. The van der Waals surface area contributed by atoms with Crippen molar-refractivity contribution in [2.45, 2.75) is 57.7 Å². The van der Waals surface area contributed by atoms with Gasteiger partial charge in [-0.15, -0.1) is 0 Å². The van der Waals surface area contributed by atoms with Gasteiger partial charge in [0, 0.05) is 22.1 Å². The zero-order chi connectivity index (χ0) is 23.1. The highest BCUT2D eigenvalue weighted by molar-refractivity contribution is 9.10. The lowest BCUT2D eigenvalue weighted by Crippen LogP contribution is -2.52. The molecule has 3 rings (SSSR count). The fraction of sp³-hybridized carbons (Fsp3) is 0.417. The summed E-state index contributed by atoms with van der Waals surface area (Å²) in [4.78, 5) is 27.9. The maximum atomic E-state index is 13.3. The van der Waals surface area contributed by atoms with E-state index in [2.05, 4.69) is 21.2 Å². The zero-order valence-electron chi connectivity index (χ0n) is 18.0. The monoisotopic (exact) mass is 540 g/mol. The Hall–Kier alpha value is -1.76. The summed E-state index contributed by atoms with van der Waals surface area (Å²) in [6, 6.07) is 12.1. The van der Waals surface area contributed by atoms with Gasteiger partial charge in [-0.1, -0.05) is 77.1 Å². The Balaban J connectivity index is 1.78. The number of nitrogens with zero attached hydrogens (tertiary/aromatic N) is 1. The highest BCUT2D eigenvalue weighted by Gasteiger charge is 2.31.